The van der Waals surface area contributed by atoms with Crippen LogP contribution in [0.4, 0.5) is 4.79 Å². The molecule has 0 bridgehead atoms. The molecule has 0 aromatic carbocycles. The van der Waals surface area contributed by atoms with Gasteiger partial charge in [0.1, 0.15) is 0 Å². The van der Waals surface area contributed by atoms with E-state index in [-0.39, 0.29) is 17.6 Å². The van der Waals surface area contributed by atoms with Crippen molar-refractivity contribution in [2.24, 2.45) is 5.41 Å². The fourth-order valence-electron chi connectivity index (χ4n) is 1.75. The first-order valence-electron chi connectivity index (χ1n) is 5.20. The average molecular weight is 200 g/mol. The lowest BCUT2D eigenvalue weighted by Gasteiger charge is -2.39. The molecule has 4 nitrogen and oxygen atoms in total. The van der Waals surface area contributed by atoms with Gasteiger partial charge < -0.3 is 15.4 Å². The molecule has 0 spiro atoms. The van der Waals surface area contributed by atoms with Gasteiger partial charge in [0, 0.05) is 12.6 Å². The minimum atomic E-state index is -0.299. The van der Waals surface area contributed by atoms with Crippen molar-refractivity contribution in [3.63, 3.8) is 0 Å². The van der Waals surface area contributed by atoms with Crippen LogP contribution in [0.15, 0.2) is 0 Å². The molecule has 14 heavy (non-hydrogen) atoms. The molecule has 1 saturated heterocycles. The number of ether oxygens (including phenoxy) is 1. The normalized spacial score (nSPS) is 25.5. The Labute approximate surface area is 85.4 Å². The topological polar surface area (TPSA) is 50.4 Å². The van der Waals surface area contributed by atoms with Crippen molar-refractivity contribution in [2.45, 2.75) is 33.2 Å². The largest absolute Gasteiger partial charge is 0.450 e. The number of amides is 1. The van der Waals surface area contributed by atoms with Crippen LogP contribution in [0.2, 0.25) is 0 Å². The molecular formula is C10H20N2O2. The number of carbonyl (C=O) groups is 1. The zero-order chi connectivity index (χ0) is 10.6. The van der Waals surface area contributed by atoms with Crippen LogP contribution in [0.1, 0.15) is 27.2 Å². The first-order chi connectivity index (χ1) is 6.56. The highest BCUT2D eigenvalue weighted by molar-refractivity contribution is 5.67. The lowest BCUT2D eigenvalue weighted by Crippen LogP contribution is -2.54. The van der Waals surface area contributed by atoms with E-state index in [1.54, 1.807) is 0 Å². The van der Waals surface area contributed by atoms with Crippen LogP contribution in [0.3, 0.4) is 0 Å². The van der Waals surface area contributed by atoms with Crippen molar-refractivity contribution in [3.05, 3.63) is 0 Å². The van der Waals surface area contributed by atoms with E-state index in [0.29, 0.717) is 6.61 Å². The van der Waals surface area contributed by atoms with E-state index in [2.05, 4.69) is 24.5 Å². The van der Waals surface area contributed by atoms with Gasteiger partial charge in [0.05, 0.1) is 6.61 Å². The van der Waals surface area contributed by atoms with E-state index in [4.69, 9.17) is 4.74 Å². The Hall–Kier alpha value is -0.770. The van der Waals surface area contributed by atoms with Gasteiger partial charge >= 0.3 is 6.09 Å². The third kappa shape index (κ3) is 2.87. The summed E-state index contributed by atoms with van der Waals surface area (Å²) in [4.78, 5) is 11.2. The molecule has 0 saturated carbocycles. The summed E-state index contributed by atoms with van der Waals surface area (Å²) in [6.45, 7) is 8.43. The fourth-order valence-corrected chi connectivity index (χ4v) is 1.75. The number of hydrogen-bond donors (Lipinski definition) is 2. The minimum Gasteiger partial charge on any atom is -0.450 e. The van der Waals surface area contributed by atoms with Gasteiger partial charge in [-0.25, -0.2) is 4.79 Å². The fraction of sp³-hybridized carbons (Fsp3) is 0.900. The van der Waals surface area contributed by atoms with Crippen molar-refractivity contribution in [1.29, 1.82) is 0 Å². The van der Waals surface area contributed by atoms with Crippen LogP contribution in [0.25, 0.3) is 0 Å². The van der Waals surface area contributed by atoms with Crippen molar-refractivity contribution in [3.8, 4) is 0 Å². The Morgan fingerprint density at radius 3 is 2.93 bits per heavy atom. The van der Waals surface area contributed by atoms with Gasteiger partial charge in [0.25, 0.3) is 0 Å². The SMILES string of the molecule is CCOC(=O)NC1CCNCC1(C)C. The molecule has 1 heterocycles. The van der Waals surface area contributed by atoms with Crippen LogP contribution < -0.4 is 10.6 Å². The molecule has 1 amide bonds. The Balaban J connectivity index is 2.45. The van der Waals surface area contributed by atoms with Gasteiger partial charge in [0.2, 0.25) is 0 Å². The van der Waals surface area contributed by atoms with Gasteiger partial charge in [-0.3, -0.25) is 0 Å². The molecule has 0 aliphatic carbocycles. The lowest BCUT2D eigenvalue weighted by molar-refractivity contribution is 0.124. The van der Waals surface area contributed by atoms with E-state index in [1.807, 2.05) is 6.92 Å². The van der Waals surface area contributed by atoms with E-state index in [1.165, 1.54) is 0 Å². The average Bonchev–Trinajstić information content (AvgIpc) is 2.09. The van der Waals surface area contributed by atoms with Gasteiger partial charge in [-0.05, 0) is 25.3 Å². The molecule has 0 aromatic heterocycles. The van der Waals surface area contributed by atoms with Crippen LogP contribution in [0.5, 0.6) is 0 Å². The zero-order valence-corrected chi connectivity index (χ0v) is 9.22. The summed E-state index contributed by atoms with van der Waals surface area (Å²) in [5, 5.41) is 6.23. The maximum absolute atomic E-state index is 11.2. The van der Waals surface area contributed by atoms with Crippen LogP contribution in [-0.4, -0.2) is 31.8 Å². The maximum atomic E-state index is 11.2. The summed E-state index contributed by atoms with van der Waals surface area (Å²) in [5.74, 6) is 0. The Morgan fingerprint density at radius 2 is 2.36 bits per heavy atom. The van der Waals surface area contributed by atoms with Crippen LogP contribution >= 0.6 is 0 Å². The highest BCUT2D eigenvalue weighted by atomic mass is 16.5. The summed E-state index contributed by atoms with van der Waals surface area (Å²) < 4.78 is 4.87. The van der Waals surface area contributed by atoms with Gasteiger partial charge in [-0.15, -0.1) is 0 Å². The van der Waals surface area contributed by atoms with E-state index >= 15 is 0 Å². The predicted octanol–water partition coefficient (Wildman–Crippen LogP) is 1.12. The quantitative estimate of drug-likeness (QED) is 0.702. The summed E-state index contributed by atoms with van der Waals surface area (Å²) in [6.07, 6.45) is 0.665. The van der Waals surface area contributed by atoms with Gasteiger partial charge in [0.15, 0.2) is 0 Å². The van der Waals surface area contributed by atoms with E-state index < -0.39 is 0 Å². The molecular weight excluding hydrogens is 180 g/mol. The zero-order valence-electron chi connectivity index (χ0n) is 9.22. The number of rotatable bonds is 2. The minimum absolute atomic E-state index is 0.102. The molecule has 0 aromatic rings. The maximum Gasteiger partial charge on any atom is 0.407 e. The highest BCUT2D eigenvalue weighted by Gasteiger charge is 2.33. The van der Waals surface area contributed by atoms with Crippen LogP contribution in [-0.2, 0) is 4.74 Å². The molecule has 1 aliphatic heterocycles. The summed E-state index contributed by atoms with van der Waals surface area (Å²) in [7, 11) is 0. The second-order valence-electron chi connectivity index (χ2n) is 4.37. The summed E-state index contributed by atoms with van der Waals surface area (Å²) >= 11 is 0. The molecule has 82 valence electrons. The van der Waals surface area contributed by atoms with Crippen molar-refractivity contribution >= 4 is 6.09 Å². The second-order valence-corrected chi connectivity index (χ2v) is 4.37. The molecule has 1 unspecified atom stereocenters. The van der Waals surface area contributed by atoms with E-state index in [9.17, 15) is 4.79 Å². The number of nitrogens with one attached hydrogen (secondary N) is 2. The number of hydrogen-bond acceptors (Lipinski definition) is 3. The standard InChI is InChI=1S/C10H20N2O2/c1-4-14-9(13)12-8-5-6-11-7-10(8,2)3/h8,11H,4-7H2,1-3H3,(H,12,13). The molecule has 4 heteroatoms. The third-order valence-corrected chi connectivity index (χ3v) is 2.70. The molecule has 1 aliphatic rings. The number of alkyl carbamates (subject to hydrolysis) is 1. The smallest absolute Gasteiger partial charge is 0.407 e. The molecule has 1 rings (SSSR count). The Morgan fingerprint density at radius 1 is 1.64 bits per heavy atom. The molecule has 0 radical (unpaired) electrons. The second kappa shape index (κ2) is 4.64. The van der Waals surface area contributed by atoms with Gasteiger partial charge in [-0.1, -0.05) is 13.8 Å². The number of piperidine rings is 1. The highest BCUT2D eigenvalue weighted by Crippen LogP contribution is 2.24. The van der Waals surface area contributed by atoms with Crippen molar-refractivity contribution in [2.75, 3.05) is 19.7 Å². The third-order valence-electron chi connectivity index (χ3n) is 2.70. The van der Waals surface area contributed by atoms with E-state index in [0.717, 1.165) is 19.5 Å². The first kappa shape index (κ1) is 11.3. The van der Waals surface area contributed by atoms with Crippen molar-refractivity contribution in [1.82, 2.24) is 10.6 Å². The van der Waals surface area contributed by atoms with Crippen molar-refractivity contribution < 1.29 is 9.53 Å². The Kier molecular flexibility index (Phi) is 3.75. The lowest BCUT2D eigenvalue weighted by atomic mass is 9.80. The van der Waals surface area contributed by atoms with Gasteiger partial charge in [-0.2, -0.15) is 0 Å². The Bertz CT molecular complexity index is 204. The predicted molar refractivity (Wildman–Crippen MR) is 55.2 cm³/mol. The molecule has 1 atom stereocenters. The summed E-state index contributed by atoms with van der Waals surface area (Å²) in [5.41, 5.74) is 0.102. The first-order valence-corrected chi connectivity index (χ1v) is 5.20. The molecule has 2 N–H and O–H groups in total. The monoisotopic (exact) mass is 200 g/mol. The van der Waals surface area contributed by atoms with Crippen LogP contribution in [0, 0.1) is 5.41 Å². The molecule has 1 fully saturated rings. The summed E-state index contributed by atoms with van der Waals surface area (Å²) in [6, 6.07) is 0.211. The number of carbonyl (C=O) groups excluding carboxylic acids is 1.